The molecule has 0 fully saturated rings. The zero-order valence-electron chi connectivity index (χ0n) is 13.1. The number of aromatic hydroxyl groups is 1. The molecular formula is C19H10BrClN2O3. The molecule has 0 atom stereocenters. The molecule has 0 aliphatic heterocycles. The number of pyridine rings is 1. The van der Waals surface area contributed by atoms with E-state index in [4.69, 9.17) is 11.6 Å². The molecule has 0 saturated carbocycles. The van der Waals surface area contributed by atoms with Gasteiger partial charge in [-0.25, -0.2) is 0 Å². The summed E-state index contributed by atoms with van der Waals surface area (Å²) < 4.78 is 1.77. The highest BCUT2D eigenvalue weighted by molar-refractivity contribution is 9.10. The summed E-state index contributed by atoms with van der Waals surface area (Å²) in [4.78, 5) is 25.3. The SMILES string of the molecule is N#Cc1cc(C(=O)c2cc(Br)ccc2O)cn(-c2ccccc2Cl)c1=O. The lowest BCUT2D eigenvalue weighted by atomic mass is 10.0. The average molecular weight is 430 g/mol. The molecule has 128 valence electrons. The molecule has 1 heterocycles. The summed E-state index contributed by atoms with van der Waals surface area (Å²) in [5.41, 5.74) is -0.313. The van der Waals surface area contributed by atoms with Crippen molar-refractivity contribution in [2.24, 2.45) is 0 Å². The van der Waals surface area contributed by atoms with Gasteiger partial charge < -0.3 is 5.11 Å². The molecular weight excluding hydrogens is 420 g/mol. The summed E-state index contributed by atoms with van der Waals surface area (Å²) in [7, 11) is 0. The Labute approximate surface area is 161 Å². The van der Waals surface area contributed by atoms with E-state index >= 15 is 0 Å². The van der Waals surface area contributed by atoms with Gasteiger partial charge in [0.1, 0.15) is 17.4 Å². The van der Waals surface area contributed by atoms with Gasteiger partial charge in [-0.15, -0.1) is 0 Å². The molecule has 0 amide bonds. The maximum atomic E-state index is 12.8. The Balaban J connectivity index is 2.24. The van der Waals surface area contributed by atoms with Crippen LogP contribution < -0.4 is 5.56 Å². The quantitative estimate of drug-likeness (QED) is 0.636. The minimum Gasteiger partial charge on any atom is -0.507 e. The van der Waals surface area contributed by atoms with E-state index in [0.29, 0.717) is 15.2 Å². The van der Waals surface area contributed by atoms with Crippen LogP contribution in [0.4, 0.5) is 0 Å². The molecule has 0 saturated heterocycles. The summed E-state index contributed by atoms with van der Waals surface area (Å²) in [6, 6.07) is 14.0. The highest BCUT2D eigenvalue weighted by atomic mass is 79.9. The van der Waals surface area contributed by atoms with Gasteiger partial charge in [-0.1, -0.05) is 39.7 Å². The van der Waals surface area contributed by atoms with Crippen molar-refractivity contribution >= 4 is 33.3 Å². The number of rotatable bonds is 3. The monoisotopic (exact) mass is 428 g/mol. The summed E-state index contributed by atoms with van der Waals surface area (Å²) >= 11 is 9.40. The number of phenolic OH excluding ortho intramolecular Hbond substituents is 1. The summed E-state index contributed by atoms with van der Waals surface area (Å²) in [5.74, 6) is -0.728. The lowest BCUT2D eigenvalue weighted by Crippen LogP contribution is -2.23. The van der Waals surface area contributed by atoms with E-state index in [9.17, 15) is 20.0 Å². The fourth-order valence-corrected chi connectivity index (χ4v) is 3.05. The van der Waals surface area contributed by atoms with E-state index in [-0.39, 0.29) is 22.4 Å². The number of hydrogen-bond acceptors (Lipinski definition) is 4. The molecule has 0 aliphatic rings. The Morgan fingerprint density at radius 3 is 2.62 bits per heavy atom. The third-order valence-electron chi connectivity index (χ3n) is 3.72. The van der Waals surface area contributed by atoms with Crippen molar-refractivity contribution in [1.82, 2.24) is 4.57 Å². The minimum absolute atomic E-state index is 0.0487. The van der Waals surface area contributed by atoms with Crippen molar-refractivity contribution in [2.75, 3.05) is 0 Å². The first kappa shape index (κ1) is 17.9. The summed E-state index contributed by atoms with van der Waals surface area (Å²) in [6.45, 7) is 0. The van der Waals surface area contributed by atoms with Crippen molar-refractivity contribution in [1.29, 1.82) is 5.26 Å². The summed E-state index contributed by atoms with van der Waals surface area (Å²) in [6.07, 6.45) is 1.31. The van der Waals surface area contributed by atoms with Crippen LogP contribution in [0.3, 0.4) is 0 Å². The lowest BCUT2D eigenvalue weighted by molar-refractivity contribution is 0.103. The van der Waals surface area contributed by atoms with Crippen molar-refractivity contribution < 1.29 is 9.90 Å². The Hall–Kier alpha value is -2.88. The number of carbonyl (C=O) groups is 1. The molecule has 0 spiro atoms. The van der Waals surface area contributed by atoms with Crippen LogP contribution in [0.15, 0.2) is 64.0 Å². The van der Waals surface area contributed by atoms with Crippen LogP contribution in [0.1, 0.15) is 21.5 Å². The second-order valence-electron chi connectivity index (χ2n) is 5.37. The molecule has 3 aromatic rings. The van der Waals surface area contributed by atoms with Crippen molar-refractivity contribution in [3.63, 3.8) is 0 Å². The topological polar surface area (TPSA) is 83.1 Å². The summed E-state index contributed by atoms with van der Waals surface area (Å²) in [5, 5.41) is 19.6. The van der Waals surface area contributed by atoms with Crippen LogP contribution in [0.5, 0.6) is 5.75 Å². The number of aromatic nitrogens is 1. The first-order chi connectivity index (χ1) is 12.4. The molecule has 1 N–H and O–H groups in total. The number of para-hydroxylation sites is 1. The van der Waals surface area contributed by atoms with E-state index in [0.717, 1.165) is 4.57 Å². The van der Waals surface area contributed by atoms with Gasteiger partial charge in [-0.05, 0) is 36.4 Å². The number of benzene rings is 2. The first-order valence-electron chi connectivity index (χ1n) is 7.37. The zero-order chi connectivity index (χ0) is 18.8. The molecule has 2 aromatic carbocycles. The maximum absolute atomic E-state index is 12.8. The van der Waals surface area contributed by atoms with Gasteiger partial charge in [0.05, 0.1) is 16.3 Å². The van der Waals surface area contributed by atoms with Crippen LogP contribution in [-0.2, 0) is 0 Å². The molecule has 1 aromatic heterocycles. The maximum Gasteiger partial charge on any atom is 0.273 e. The third kappa shape index (κ3) is 3.27. The lowest BCUT2D eigenvalue weighted by Gasteiger charge is -2.11. The van der Waals surface area contributed by atoms with Crippen molar-refractivity contribution in [3.05, 3.63) is 91.3 Å². The molecule has 3 rings (SSSR count). The second kappa shape index (κ2) is 7.16. The fraction of sp³-hybridized carbons (Fsp3) is 0. The van der Waals surface area contributed by atoms with Crippen LogP contribution in [0.2, 0.25) is 5.02 Å². The number of halogens is 2. The highest BCUT2D eigenvalue weighted by Crippen LogP contribution is 2.25. The molecule has 26 heavy (non-hydrogen) atoms. The third-order valence-corrected chi connectivity index (χ3v) is 4.53. The van der Waals surface area contributed by atoms with Gasteiger partial charge in [0.2, 0.25) is 0 Å². The van der Waals surface area contributed by atoms with Crippen molar-refractivity contribution in [3.8, 4) is 17.5 Å². The van der Waals surface area contributed by atoms with Gasteiger partial charge >= 0.3 is 0 Å². The smallest absolute Gasteiger partial charge is 0.273 e. The van der Waals surface area contributed by atoms with E-state index < -0.39 is 11.3 Å². The Morgan fingerprint density at radius 1 is 1.19 bits per heavy atom. The Morgan fingerprint density at radius 2 is 1.92 bits per heavy atom. The van der Waals surface area contributed by atoms with Gasteiger partial charge in [-0.3, -0.25) is 14.2 Å². The normalized spacial score (nSPS) is 10.3. The van der Waals surface area contributed by atoms with Gasteiger partial charge in [0, 0.05) is 16.2 Å². The second-order valence-corrected chi connectivity index (χ2v) is 6.69. The van der Waals surface area contributed by atoms with Crippen molar-refractivity contribution in [2.45, 2.75) is 0 Å². The average Bonchev–Trinajstić information content (AvgIpc) is 2.64. The van der Waals surface area contributed by atoms with Crippen LogP contribution in [0, 0.1) is 11.3 Å². The number of nitriles is 1. The highest BCUT2D eigenvalue weighted by Gasteiger charge is 2.18. The molecule has 5 nitrogen and oxygen atoms in total. The van der Waals surface area contributed by atoms with Crippen LogP contribution in [0.25, 0.3) is 5.69 Å². The molecule has 0 radical (unpaired) electrons. The number of nitrogens with zero attached hydrogens (tertiary/aromatic N) is 2. The van der Waals surface area contributed by atoms with E-state index in [1.54, 1.807) is 36.4 Å². The minimum atomic E-state index is -0.587. The first-order valence-corrected chi connectivity index (χ1v) is 8.54. The predicted octanol–water partition coefficient (Wildman–Crippen LogP) is 4.06. The number of carbonyl (C=O) groups excluding carboxylic acids is 1. The van der Waals surface area contributed by atoms with E-state index in [1.165, 1.54) is 24.4 Å². The zero-order valence-corrected chi connectivity index (χ0v) is 15.5. The molecule has 0 aliphatic carbocycles. The predicted molar refractivity (Wildman–Crippen MR) is 101 cm³/mol. The van der Waals surface area contributed by atoms with E-state index in [1.807, 2.05) is 0 Å². The Bertz CT molecular complexity index is 1130. The Kier molecular flexibility index (Phi) is 4.94. The van der Waals surface area contributed by atoms with Crippen LogP contribution >= 0.6 is 27.5 Å². The fourth-order valence-electron chi connectivity index (χ4n) is 2.46. The van der Waals surface area contributed by atoms with Crippen LogP contribution in [-0.4, -0.2) is 15.5 Å². The van der Waals surface area contributed by atoms with Gasteiger partial charge in [0.25, 0.3) is 5.56 Å². The molecule has 0 bridgehead atoms. The number of hydrogen-bond donors (Lipinski definition) is 1. The molecule has 0 unspecified atom stereocenters. The standard InChI is InChI=1S/C19H10BrClN2O3/c20-13-5-6-17(24)14(8-13)18(25)12-7-11(9-22)19(26)23(10-12)16-4-2-1-3-15(16)21/h1-8,10,24H. The molecule has 7 heteroatoms. The van der Waals surface area contributed by atoms with Gasteiger partial charge in [0.15, 0.2) is 5.78 Å². The largest absolute Gasteiger partial charge is 0.507 e. The van der Waals surface area contributed by atoms with E-state index in [2.05, 4.69) is 15.9 Å². The van der Waals surface area contributed by atoms with Gasteiger partial charge in [-0.2, -0.15) is 5.26 Å². The number of phenols is 1. The number of ketones is 1.